The van der Waals surface area contributed by atoms with Gasteiger partial charge in [0.25, 0.3) is 5.69 Å². The minimum Gasteiger partial charge on any atom is -0.444 e. The third-order valence-electron chi connectivity index (χ3n) is 4.86. The molecule has 0 aliphatic heterocycles. The number of ether oxygens (including phenoxy) is 1. The molecular formula is C25H27N3O4. The molecule has 0 atom stereocenters. The van der Waals surface area contributed by atoms with E-state index in [4.69, 9.17) is 4.74 Å². The molecule has 0 bridgehead atoms. The number of nitrogens with one attached hydrogen (secondary N) is 1. The molecule has 0 fully saturated rings. The van der Waals surface area contributed by atoms with Crippen LogP contribution in [0.3, 0.4) is 0 Å². The number of amides is 1. The van der Waals surface area contributed by atoms with Gasteiger partial charge in [0.05, 0.1) is 16.2 Å². The molecule has 1 amide bonds. The summed E-state index contributed by atoms with van der Waals surface area (Å²) in [5, 5.41) is 14.2. The second-order valence-corrected chi connectivity index (χ2v) is 9.04. The van der Waals surface area contributed by atoms with Crippen LogP contribution in [-0.2, 0) is 10.3 Å². The maximum Gasteiger partial charge on any atom is 0.408 e. The van der Waals surface area contributed by atoms with Crippen LogP contribution >= 0.6 is 0 Å². The molecule has 0 saturated heterocycles. The minimum atomic E-state index is -0.661. The number of aromatic nitrogens is 1. The third kappa shape index (κ3) is 5.49. The van der Waals surface area contributed by atoms with Gasteiger partial charge >= 0.3 is 6.09 Å². The monoisotopic (exact) mass is 433 g/mol. The number of nitro groups is 1. The van der Waals surface area contributed by atoms with Crippen LogP contribution in [0.25, 0.3) is 22.4 Å². The van der Waals surface area contributed by atoms with E-state index < -0.39 is 22.2 Å². The average Bonchev–Trinajstić information content (AvgIpc) is 2.72. The maximum atomic E-state index is 12.2. The summed E-state index contributed by atoms with van der Waals surface area (Å²) >= 11 is 0. The Kier molecular flexibility index (Phi) is 6.30. The Morgan fingerprint density at radius 3 is 2.16 bits per heavy atom. The van der Waals surface area contributed by atoms with Crippen molar-refractivity contribution in [2.45, 2.75) is 45.8 Å². The van der Waals surface area contributed by atoms with Crippen LogP contribution in [0.15, 0.2) is 66.9 Å². The van der Waals surface area contributed by atoms with Crippen molar-refractivity contribution in [3.8, 4) is 22.4 Å². The molecule has 3 aromatic rings. The van der Waals surface area contributed by atoms with Gasteiger partial charge in [-0.3, -0.25) is 10.1 Å². The molecular weight excluding hydrogens is 406 g/mol. The van der Waals surface area contributed by atoms with E-state index in [9.17, 15) is 14.9 Å². The van der Waals surface area contributed by atoms with Gasteiger partial charge in [0, 0.05) is 17.2 Å². The zero-order valence-corrected chi connectivity index (χ0v) is 18.9. The molecule has 1 aromatic heterocycles. The average molecular weight is 434 g/mol. The zero-order valence-electron chi connectivity index (χ0n) is 18.9. The highest BCUT2D eigenvalue weighted by molar-refractivity contribution is 5.82. The molecule has 2 aromatic carbocycles. The second-order valence-electron chi connectivity index (χ2n) is 9.04. The molecule has 1 heterocycles. The van der Waals surface area contributed by atoms with Crippen molar-refractivity contribution in [2.24, 2.45) is 0 Å². The van der Waals surface area contributed by atoms with Gasteiger partial charge in [0.15, 0.2) is 0 Å². The predicted molar refractivity (Wildman–Crippen MR) is 124 cm³/mol. The number of alkyl carbamates (subject to hydrolysis) is 1. The normalized spacial score (nSPS) is 11.7. The van der Waals surface area contributed by atoms with Crippen LogP contribution in [-0.4, -0.2) is 21.6 Å². The highest BCUT2D eigenvalue weighted by Crippen LogP contribution is 2.34. The van der Waals surface area contributed by atoms with Crippen LogP contribution in [0.1, 0.15) is 40.2 Å². The van der Waals surface area contributed by atoms with Crippen molar-refractivity contribution in [3.63, 3.8) is 0 Å². The number of hydrogen-bond donors (Lipinski definition) is 1. The number of nitrogens with zero attached hydrogens (tertiary/aromatic N) is 2. The first-order chi connectivity index (χ1) is 15.0. The van der Waals surface area contributed by atoms with Crippen molar-refractivity contribution in [1.82, 2.24) is 10.3 Å². The smallest absolute Gasteiger partial charge is 0.408 e. The lowest BCUT2D eigenvalue weighted by atomic mass is 9.92. The van der Waals surface area contributed by atoms with E-state index in [1.54, 1.807) is 6.07 Å². The standard InChI is InChI=1S/C25H27N3O4/c1-24(2,3)32-23(29)27-25(4,5)19-13-11-18(12-14-19)22-21(17-9-7-6-8-10-17)15-20(16-26-22)28(30)31/h6-16H,1-5H3,(H,27,29). The third-order valence-corrected chi connectivity index (χ3v) is 4.86. The highest BCUT2D eigenvalue weighted by Gasteiger charge is 2.26. The summed E-state index contributed by atoms with van der Waals surface area (Å²) in [5.41, 5.74) is 2.56. The molecule has 0 spiro atoms. The number of pyridine rings is 1. The number of rotatable bonds is 5. The van der Waals surface area contributed by atoms with Crippen molar-refractivity contribution < 1.29 is 14.5 Å². The largest absolute Gasteiger partial charge is 0.444 e. The Balaban J connectivity index is 1.94. The molecule has 166 valence electrons. The maximum absolute atomic E-state index is 12.2. The fraction of sp³-hybridized carbons (Fsp3) is 0.280. The first kappa shape index (κ1) is 22.9. The zero-order chi connectivity index (χ0) is 23.5. The Morgan fingerprint density at radius 2 is 1.59 bits per heavy atom. The summed E-state index contributed by atoms with van der Waals surface area (Å²) in [6, 6.07) is 18.6. The van der Waals surface area contributed by atoms with Crippen LogP contribution in [0, 0.1) is 10.1 Å². The topological polar surface area (TPSA) is 94.4 Å². The summed E-state index contributed by atoms with van der Waals surface area (Å²) in [4.78, 5) is 27.5. The number of hydrogen-bond acceptors (Lipinski definition) is 5. The molecule has 0 unspecified atom stereocenters. The molecule has 1 N–H and O–H groups in total. The van der Waals surface area contributed by atoms with Gasteiger partial charge in [-0.15, -0.1) is 0 Å². The van der Waals surface area contributed by atoms with E-state index in [-0.39, 0.29) is 5.69 Å². The summed E-state index contributed by atoms with van der Waals surface area (Å²) in [6.45, 7) is 9.23. The SMILES string of the molecule is CC(C)(C)OC(=O)NC(C)(C)c1ccc(-c2ncc([N+](=O)[O-])cc2-c2ccccc2)cc1. The number of carbonyl (C=O) groups excluding carboxylic acids is 1. The molecule has 0 radical (unpaired) electrons. The molecule has 7 nitrogen and oxygen atoms in total. The lowest BCUT2D eigenvalue weighted by Gasteiger charge is -2.29. The number of benzene rings is 2. The molecule has 3 rings (SSSR count). The molecule has 0 aliphatic rings. The van der Waals surface area contributed by atoms with E-state index >= 15 is 0 Å². The first-order valence-corrected chi connectivity index (χ1v) is 10.3. The van der Waals surface area contributed by atoms with E-state index in [0.717, 1.165) is 16.7 Å². The van der Waals surface area contributed by atoms with E-state index in [1.807, 2.05) is 89.2 Å². The fourth-order valence-corrected chi connectivity index (χ4v) is 3.30. The summed E-state index contributed by atoms with van der Waals surface area (Å²) < 4.78 is 5.37. The van der Waals surface area contributed by atoms with Gasteiger partial charge in [0.1, 0.15) is 11.8 Å². The van der Waals surface area contributed by atoms with Gasteiger partial charge in [-0.25, -0.2) is 9.78 Å². The fourth-order valence-electron chi connectivity index (χ4n) is 3.30. The Bertz CT molecular complexity index is 1120. The lowest BCUT2D eigenvalue weighted by Crippen LogP contribution is -2.43. The molecule has 0 saturated carbocycles. The van der Waals surface area contributed by atoms with Crippen LogP contribution in [0.5, 0.6) is 0 Å². The minimum absolute atomic E-state index is 0.0630. The summed E-state index contributed by atoms with van der Waals surface area (Å²) in [7, 11) is 0. The van der Waals surface area contributed by atoms with Gasteiger partial charge < -0.3 is 10.1 Å². The van der Waals surface area contributed by atoms with Gasteiger partial charge in [0.2, 0.25) is 0 Å². The van der Waals surface area contributed by atoms with Gasteiger partial charge in [-0.1, -0.05) is 54.6 Å². The Labute approximate surface area is 187 Å². The number of carbonyl (C=O) groups is 1. The van der Waals surface area contributed by atoms with E-state index in [1.165, 1.54) is 6.20 Å². The van der Waals surface area contributed by atoms with Gasteiger partial charge in [-0.05, 0) is 45.7 Å². The van der Waals surface area contributed by atoms with Crippen molar-refractivity contribution >= 4 is 11.8 Å². The quantitative estimate of drug-likeness (QED) is 0.388. The van der Waals surface area contributed by atoms with Crippen LogP contribution in [0.2, 0.25) is 0 Å². The summed E-state index contributed by atoms with van der Waals surface area (Å²) in [5.74, 6) is 0. The second kappa shape index (κ2) is 8.78. The predicted octanol–water partition coefficient (Wildman–Crippen LogP) is 6.08. The van der Waals surface area contributed by atoms with Crippen LogP contribution in [0.4, 0.5) is 10.5 Å². The molecule has 0 aliphatic carbocycles. The van der Waals surface area contributed by atoms with Gasteiger partial charge in [-0.2, -0.15) is 0 Å². The van der Waals surface area contributed by atoms with Crippen molar-refractivity contribution in [1.29, 1.82) is 0 Å². The molecule has 7 heteroatoms. The van der Waals surface area contributed by atoms with E-state index in [0.29, 0.717) is 11.3 Å². The first-order valence-electron chi connectivity index (χ1n) is 10.3. The molecule has 32 heavy (non-hydrogen) atoms. The van der Waals surface area contributed by atoms with Crippen LogP contribution < -0.4 is 5.32 Å². The van der Waals surface area contributed by atoms with E-state index in [2.05, 4.69) is 10.3 Å². The summed E-state index contributed by atoms with van der Waals surface area (Å²) in [6.07, 6.45) is 0.777. The Hall–Kier alpha value is -3.74. The van der Waals surface area contributed by atoms with Crippen molar-refractivity contribution in [3.05, 3.63) is 82.5 Å². The Morgan fingerprint density at radius 1 is 0.969 bits per heavy atom. The lowest BCUT2D eigenvalue weighted by molar-refractivity contribution is -0.385. The van der Waals surface area contributed by atoms with Crippen molar-refractivity contribution in [2.75, 3.05) is 0 Å². The highest BCUT2D eigenvalue weighted by atomic mass is 16.6.